The number of hydrogen-bond donors (Lipinski definition) is 1. The van der Waals surface area contributed by atoms with Crippen molar-refractivity contribution in [1.29, 1.82) is 0 Å². The average molecular weight is 156 g/mol. The van der Waals surface area contributed by atoms with Crippen LogP contribution in [0.2, 0.25) is 0 Å². The molecule has 11 heavy (non-hydrogen) atoms. The van der Waals surface area contributed by atoms with Crippen molar-refractivity contribution in [3.63, 3.8) is 0 Å². The molecule has 0 spiro atoms. The number of nitrogens with one attached hydrogen (secondary N) is 1. The zero-order valence-corrected chi connectivity index (χ0v) is 6.70. The van der Waals surface area contributed by atoms with Gasteiger partial charge in [0, 0.05) is 0 Å². The van der Waals surface area contributed by atoms with E-state index in [0.29, 0.717) is 0 Å². The molecule has 2 heterocycles. The Balaban J connectivity index is 2.12. The molecule has 2 unspecified atom stereocenters. The molecule has 1 saturated heterocycles. The van der Waals surface area contributed by atoms with E-state index in [-0.39, 0.29) is 12.2 Å². The molecule has 1 fully saturated rings. The lowest BCUT2D eigenvalue weighted by Gasteiger charge is -2.17. The first-order valence-electron chi connectivity index (χ1n) is 3.79. The molecule has 2 atom stereocenters. The first-order valence-corrected chi connectivity index (χ1v) is 3.79. The predicted octanol–water partition coefficient (Wildman–Crippen LogP) is 0.0955. The largest absolute Gasteiger partial charge is 0.342 e. The molecule has 0 aliphatic carbocycles. The third-order valence-corrected chi connectivity index (χ3v) is 1.83. The zero-order valence-electron chi connectivity index (χ0n) is 6.70. The highest BCUT2D eigenvalue weighted by Crippen LogP contribution is 2.27. The molecule has 2 aliphatic rings. The minimum Gasteiger partial charge on any atom is -0.342 e. The Labute approximate surface area is 65.6 Å². The lowest BCUT2D eigenvalue weighted by Crippen LogP contribution is -2.37. The van der Waals surface area contributed by atoms with Crippen LogP contribution in [0.3, 0.4) is 0 Å². The standard InChI is InChI=1S/C7H12N2O2/c1-7(2)10-5-3-8-9-4-6(5)11-7/h3,5-6,9H,4H2,1-2H3. The fourth-order valence-corrected chi connectivity index (χ4v) is 1.42. The van der Waals surface area contributed by atoms with Crippen molar-refractivity contribution >= 4 is 6.21 Å². The Kier molecular flexibility index (Phi) is 1.40. The third kappa shape index (κ3) is 1.23. The highest BCUT2D eigenvalue weighted by molar-refractivity contribution is 5.65. The topological polar surface area (TPSA) is 42.8 Å². The molecule has 2 aliphatic heterocycles. The summed E-state index contributed by atoms with van der Waals surface area (Å²) in [6.07, 6.45) is 1.91. The number of hydrogen-bond acceptors (Lipinski definition) is 4. The molecule has 0 amide bonds. The molecule has 0 bridgehead atoms. The number of ether oxygens (including phenoxy) is 2. The normalized spacial score (nSPS) is 39.8. The second kappa shape index (κ2) is 2.19. The van der Waals surface area contributed by atoms with Gasteiger partial charge in [0.25, 0.3) is 0 Å². The monoisotopic (exact) mass is 156 g/mol. The molecular formula is C7H12N2O2. The lowest BCUT2D eigenvalue weighted by molar-refractivity contribution is -0.140. The fourth-order valence-electron chi connectivity index (χ4n) is 1.42. The minimum atomic E-state index is -0.451. The van der Waals surface area contributed by atoms with Crippen LogP contribution in [0, 0.1) is 0 Å². The highest BCUT2D eigenvalue weighted by Gasteiger charge is 2.41. The van der Waals surface area contributed by atoms with Crippen molar-refractivity contribution in [2.45, 2.75) is 31.8 Å². The fraction of sp³-hybridized carbons (Fsp3) is 0.857. The van der Waals surface area contributed by atoms with Crippen molar-refractivity contribution in [2.24, 2.45) is 5.10 Å². The van der Waals surface area contributed by atoms with E-state index in [0.717, 1.165) is 6.54 Å². The van der Waals surface area contributed by atoms with Crippen LogP contribution in [0.25, 0.3) is 0 Å². The Hall–Kier alpha value is -0.610. The van der Waals surface area contributed by atoms with E-state index in [1.54, 1.807) is 6.21 Å². The molecule has 0 aromatic carbocycles. The van der Waals surface area contributed by atoms with E-state index >= 15 is 0 Å². The quantitative estimate of drug-likeness (QED) is 0.540. The second-order valence-electron chi connectivity index (χ2n) is 3.28. The van der Waals surface area contributed by atoms with Gasteiger partial charge in [-0.25, -0.2) is 0 Å². The van der Waals surface area contributed by atoms with Crippen molar-refractivity contribution in [3.05, 3.63) is 0 Å². The Bertz CT molecular complexity index is 191. The van der Waals surface area contributed by atoms with E-state index < -0.39 is 5.79 Å². The Morgan fingerprint density at radius 3 is 3.09 bits per heavy atom. The Morgan fingerprint density at radius 1 is 1.55 bits per heavy atom. The number of hydrazone groups is 1. The SMILES string of the molecule is CC1(C)OC2C=NNCC2O1. The highest BCUT2D eigenvalue weighted by atomic mass is 16.8. The van der Waals surface area contributed by atoms with Crippen LogP contribution in [-0.2, 0) is 9.47 Å². The van der Waals surface area contributed by atoms with Gasteiger partial charge in [0.05, 0.1) is 12.8 Å². The number of nitrogens with zero attached hydrogens (tertiary/aromatic N) is 1. The van der Waals surface area contributed by atoms with Crippen LogP contribution in [-0.4, -0.2) is 30.8 Å². The average Bonchev–Trinajstić information content (AvgIpc) is 2.21. The molecule has 4 nitrogen and oxygen atoms in total. The summed E-state index contributed by atoms with van der Waals surface area (Å²) in [4.78, 5) is 0. The first-order chi connectivity index (χ1) is 5.17. The van der Waals surface area contributed by atoms with E-state index in [1.807, 2.05) is 13.8 Å². The molecule has 4 heteroatoms. The predicted molar refractivity (Wildman–Crippen MR) is 40.3 cm³/mol. The van der Waals surface area contributed by atoms with E-state index in [1.165, 1.54) is 0 Å². The van der Waals surface area contributed by atoms with E-state index in [9.17, 15) is 0 Å². The number of fused-ring (bicyclic) bond motifs is 1. The van der Waals surface area contributed by atoms with Crippen LogP contribution in [0.5, 0.6) is 0 Å². The zero-order chi connectivity index (χ0) is 7.90. The van der Waals surface area contributed by atoms with Gasteiger partial charge in [0.15, 0.2) is 5.79 Å². The van der Waals surface area contributed by atoms with Crippen molar-refractivity contribution in [2.75, 3.05) is 6.54 Å². The molecule has 0 radical (unpaired) electrons. The van der Waals surface area contributed by atoms with Crippen molar-refractivity contribution in [3.8, 4) is 0 Å². The summed E-state index contributed by atoms with van der Waals surface area (Å²) in [5.74, 6) is -0.451. The van der Waals surface area contributed by atoms with Gasteiger partial charge < -0.3 is 14.9 Å². The Morgan fingerprint density at radius 2 is 2.36 bits per heavy atom. The lowest BCUT2D eigenvalue weighted by atomic mass is 10.2. The summed E-state index contributed by atoms with van der Waals surface area (Å²) < 4.78 is 11.1. The number of rotatable bonds is 0. The van der Waals surface area contributed by atoms with Gasteiger partial charge in [0.1, 0.15) is 12.2 Å². The molecular weight excluding hydrogens is 144 g/mol. The summed E-state index contributed by atoms with van der Waals surface area (Å²) in [6, 6.07) is 0. The van der Waals surface area contributed by atoms with Crippen LogP contribution in [0.4, 0.5) is 0 Å². The first kappa shape index (κ1) is 7.06. The smallest absolute Gasteiger partial charge is 0.164 e. The van der Waals surface area contributed by atoms with Crippen molar-refractivity contribution in [1.82, 2.24) is 5.43 Å². The molecule has 1 N–H and O–H groups in total. The third-order valence-electron chi connectivity index (χ3n) is 1.83. The maximum absolute atomic E-state index is 5.58. The maximum atomic E-state index is 5.58. The second-order valence-corrected chi connectivity index (χ2v) is 3.28. The summed E-state index contributed by atoms with van der Waals surface area (Å²) in [5, 5.41) is 3.91. The maximum Gasteiger partial charge on any atom is 0.164 e. The molecule has 0 saturated carbocycles. The van der Waals surface area contributed by atoms with Gasteiger partial charge in [-0.05, 0) is 13.8 Å². The summed E-state index contributed by atoms with van der Waals surface area (Å²) in [5.41, 5.74) is 2.86. The van der Waals surface area contributed by atoms with Gasteiger partial charge in [-0.3, -0.25) is 0 Å². The van der Waals surface area contributed by atoms with Gasteiger partial charge in [-0.2, -0.15) is 5.10 Å². The van der Waals surface area contributed by atoms with Gasteiger partial charge in [-0.15, -0.1) is 0 Å². The van der Waals surface area contributed by atoms with Gasteiger partial charge in [-0.1, -0.05) is 0 Å². The summed E-state index contributed by atoms with van der Waals surface area (Å²) >= 11 is 0. The van der Waals surface area contributed by atoms with Crippen LogP contribution in [0.1, 0.15) is 13.8 Å². The van der Waals surface area contributed by atoms with Crippen molar-refractivity contribution < 1.29 is 9.47 Å². The van der Waals surface area contributed by atoms with E-state index in [2.05, 4.69) is 10.5 Å². The minimum absolute atomic E-state index is 0.0336. The molecule has 0 aromatic rings. The summed E-state index contributed by atoms with van der Waals surface area (Å²) in [6.45, 7) is 4.57. The van der Waals surface area contributed by atoms with E-state index in [4.69, 9.17) is 9.47 Å². The molecule has 0 aromatic heterocycles. The van der Waals surface area contributed by atoms with Gasteiger partial charge >= 0.3 is 0 Å². The van der Waals surface area contributed by atoms with Crippen LogP contribution in [0.15, 0.2) is 5.10 Å². The molecule has 62 valence electrons. The summed E-state index contributed by atoms with van der Waals surface area (Å²) in [7, 11) is 0. The van der Waals surface area contributed by atoms with Gasteiger partial charge in [0.2, 0.25) is 0 Å². The van der Waals surface area contributed by atoms with Crippen LogP contribution >= 0.6 is 0 Å². The van der Waals surface area contributed by atoms with Crippen LogP contribution < -0.4 is 5.43 Å². The molecule has 2 rings (SSSR count).